The van der Waals surface area contributed by atoms with Gasteiger partial charge in [0.05, 0.1) is 6.04 Å². The average Bonchev–Trinajstić information content (AvgIpc) is 2.86. The summed E-state index contributed by atoms with van der Waals surface area (Å²) in [5.74, 6) is 1.11. The summed E-state index contributed by atoms with van der Waals surface area (Å²) >= 11 is 0. The third kappa shape index (κ3) is 3.73. The number of carbonyl (C=O) groups is 1. The van der Waals surface area contributed by atoms with Crippen molar-refractivity contribution in [1.82, 2.24) is 9.80 Å². The number of benzene rings is 1. The number of aryl methyl sites for hydroxylation is 1. The largest absolute Gasteiger partial charge is 0.492 e. The van der Waals surface area contributed by atoms with Crippen LogP contribution in [0.1, 0.15) is 18.4 Å². The van der Waals surface area contributed by atoms with Crippen molar-refractivity contribution in [3.8, 4) is 5.75 Å². The van der Waals surface area contributed by atoms with Crippen LogP contribution >= 0.6 is 0 Å². The zero-order valence-corrected chi connectivity index (χ0v) is 12.6. The van der Waals surface area contributed by atoms with Crippen molar-refractivity contribution >= 4 is 5.91 Å². The van der Waals surface area contributed by atoms with Crippen LogP contribution in [0, 0.1) is 6.92 Å². The minimum atomic E-state index is 0.0334. The molecule has 0 aromatic heterocycles. The first-order valence-corrected chi connectivity index (χ1v) is 7.22. The minimum Gasteiger partial charge on any atom is -0.492 e. The number of likely N-dealkylation sites (tertiary alicyclic amines) is 1. The number of nitrogens with zero attached hydrogens (tertiary/aromatic N) is 2. The first kappa shape index (κ1) is 14.9. The van der Waals surface area contributed by atoms with Crippen molar-refractivity contribution in [1.29, 1.82) is 0 Å². The van der Waals surface area contributed by atoms with E-state index in [4.69, 9.17) is 4.74 Å². The van der Waals surface area contributed by atoms with E-state index in [0.29, 0.717) is 6.61 Å². The van der Waals surface area contributed by atoms with Gasteiger partial charge in [0.25, 0.3) is 0 Å². The summed E-state index contributed by atoms with van der Waals surface area (Å²) in [6.45, 7) is 4.47. The van der Waals surface area contributed by atoms with E-state index in [0.717, 1.165) is 31.7 Å². The van der Waals surface area contributed by atoms with Crippen LogP contribution in [0.15, 0.2) is 24.3 Å². The van der Waals surface area contributed by atoms with Crippen molar-refractivity contribution in [3.05, 3.63) is 29.8 Å². The maximum absolute atomic E-state index is 12.1. The molecule has 1 aromatic carbocycles. The molecule has 1 fully saturated rings. The Morgan fingerprint density at radius 1 is 1.45 bits per heavy atom. The molecule has 1 amide bonds. The Bertz CT molecular complexity index is 460. The highest BCUT2D eigenvalue weighted by molar-refractivity contribution is 5.81. The van der Waals surface area contributed by atoms with E-state index in [9.17, 15) is 4.79 Å². The van der Waals surface area contributed by atoms with E-state index >= 15 is 0 Å². The Morgan fingerprint density at radius 3 is 2.95 bits per heavy atom. The molecule has 2 rings (SSSR count). The van der Waals surface area contributed by atoms with Gasteiger partial charge < -0.3 is 9.64 Å². The summed E-state index contributed by atoms with van der Waals surface area (Å²) in [5, 5.41) is 0. The summed E-state index contributed by atoms with van der Waals surface area (Å²) in [7, 11) is 3.64. The maximum Gasteiger partial charge on any atom is 0.239 e. The standard InChI is InChI=1S/C16H24N2O2/c1-13-6-4-7-14(12-13)20-11-10-18-9-5-8-15(18)16(19)17(2)3/h4,6-7,12,15H,5,8-11H2,1-3H3. The van der Waals surface area contributed by atoms with Gasteiger partial charge in [-0.15, -0.1) is 0 Å². The number of hydrogen-bond acceptors (Lipinski definition) is 3. The van der Waals surface area contributed by atoms with Crippen LogP contribution in [0.2, 0.25) is 0 Å². The number of rotatable bonds is 5. The molecule has 0 spiro atoms. The SMILES string of the molecule is Cc1cccc(OCCN2CCCC2C(=O)N(C)C)c1. The van der Waals surface area contributed by atoms with Gasteiger partial charge in [-0.1, -0.05) is 12.1 Å². The molecule has 1 unspecified atom stereocenters. The third-order valence-electron chi connectivity index (χ3n) is 3.73. The van der Waals surface area contributed by atoms with Crippen LogP contribution in [0.4, 0.5) is 0 Å². The topological polar surface area (TPSA) is 32.8 Å². The number of ether oxygens (including phenoxy) is 1. The number of hydrogen-bond donors (Lipinski definition) is 0. The van der Waals surface area contributed by atoms with Crippen LogP contribution in [0.3, 0.4) is 0 Å². The Labute approximate surface area is 121 Å². The van der Waals surface area contributed by atoms with Crippen LogP contribution in [-0.4, -0.2) is 55.5 Å². The zero-order valence-electron chi connectivity index (χ0n) is 12.6. The summed E-state index contributed by atoms with van der Waals surface area (Å²) in [6, 6.07) is 8.09. The van der Waals surface area contributed by atoms with E-state index < -0.39 is 0 Å². The first-order chi connectivity index (χ1) is 9.58. The van der Waals surface area contributed by atoms with Gasteiger partial charge in [0, 0.05) is 20.6 Å². The highest BCUT2D eigenvalue weighted by Crippen LogP contribution is 2.19. The molecule has 4 heteroatoms. The molecule has 0 saturated carbocycles. The molecule has 1 heterocycles. The Hall–Kier alpha value is -1.55. The quantitative estimate of drug-likeness (QED) is 0.824. The predicted octanol–water partition coefficient (Wildman–Crippen LogP) is 1.93. The number of carbonyl (C=O) groups excluding carboxylic acids is 1. The predicted molar refractivity (Wildman–Crippen MR) is 80.0 cm³/mol. The Balaban J connectivity index is 1.82. The zero-order chi connectivity index (χ0) is 14.5. The molecular weight excluding hydrogens is 252 g/mol. The van der Waals surface area contributed by atoms with E-state index in [1.807, 2.05) is 32.3 Å². The van der Waals surface area contributed by atoms with Gasteiger partial charge in [-0.05, 0) is 44.0 Å². The van der Waals surface area contributed by atoms with E-state index in [-0.39, 0.29) is 11.9 Å². The van der Waals surface area contributed by atoms with Crippen LogP contribution in [0.25, 0.3) is 0 Å². The highest BCUT2D eigenvalue weighted by atomic mass is 16.5. The minimum absolute atomic E-state index is 0.0334. The summed E-state index contributed by atoms with van der Waals surface area (Å²) in [5.41, 5.74) is 1.20. The lowest BCUT2D eigenvalue weighted by Crippen LogP contribution is -2.44. The first-order valence-electron chi connectivity index (χ1n) is 7.22. The van der Waals surface area contributed by atoms with E-state index in [1.54, 1.807) is 4.90 Å². The Morgan fingerprint density at radius 2 is 2.25 bits per heavy atom. The lowest BCUT2D eigenvalue weighted by Gasteiger charge is -2.25. The van der Waals surface area contributed by atoms with Gasteiger partial charge >= 0.3 is 0 Å². The highest BCUT2D eigenvalue weighted by Gasteiger charge is 2.31. The molecule has 0 radical (unpaired) electrons. The second-order valence-electron chi connectivity index (χ2n) is 5.59. The molecular formula is C16H24N2O2. The normalized spacial score (nSPS) is 19.1. The monoisotopic (exact) mass is 276 g/mol. The molecule has 1 atom stereocenters. The van der Waals surface area contributed by atoms with E-state index in [1.165, 1.54) is 5.56 Å². The molecule has 0 aliphatic carbocycles. The van der Waals surface area contributed by atoms with Crippen molar-refractivity contribution in [2.24, 2.45) is 0 Å². The van der Waals surface area contributed by atoms with Crippen molar-refractivity contribution in [2.45, 2.75) is 25.8 Å². The summed E-state index contributed by atoms with van der Waals surface area (Å²) in [4.78, 5) is 16.0. The smallest absolute Gasteiger partial charge is 0.239 e. The van der Waals surface area contributed by atoms with Crippen LogP contribution in [0.5, 0.6) is 5.75 Å². The van der Waals surface area contributed by atoms with Crippen molar-refractivity contribution in [2.75, 3.05) is 33.8 Å². The Kier molecular flexibility index (Phi) is 5.01. The lowest BCUT2D eigenvalue weighted by atomic mass is 10.2. The fourth-order valence-corrected chi connectivity index (χ4v) is 2.66. The van der Waals surface area contributed by atoms with Crippen LogP contribution in [-0.2, 0) is 4.79 Å². The van der Waals surface area contributed by atoms with Gasteiger partial charge in [0.1, 0.15) is 12.4 Å². The second-order valence-corrected chi connectivity index (χ2v) is 5.59. The fraction of sp³-hybridized carbons (Fsp3) is 0.562. The molecule has 1 aromatic rings. The molecule has 0 bridgehead atoms. The summed E-state index contributed by atoms with van der Waals surface area (Å²) < 4.78 is 5.77. The van der Waals surface area contributed by atoms with Gasteiger partial charge in [-0.3, -0.25) is 9.69 Å². The number of likely N-dealkylation sites (N-methyl/N-ethyl adjacent to an activating group) is 1. The molecule has 0 N–H and O–H groups in total. The van der Waals surface area contributed by atoms with Gasteiger partial charge in [-0.25, -0.2) is 0 Å². The van der Waals surface area contributed by atoms with Gasteiger partial charge in [-0.2, -0.15) is 0 Å². The molecule has 110 valence electrons. The average molecular weight is 276 g/mol. The lowest BCUT2D eigenvalue weighted by molar-refractivity contribution is -0.133. The molecule has 1 aliphatic rings. The van der Waals surface area contributed by atoms with Crippen LogP contribution < -0.4 is 4.74 Å². The fourth-order valence-electron chi connectivity index (χ4n) is 2.66. The number of amides is 1. The second kappa shape index (κ2) is 6.75. The summed E-state index contributed by atoms with van der Waals surface area (Å²) in [6.07, 6.45) is 2.05. The molecule has 1 aliphatic heterocycles. The molecule has 1 saturated heterocycles. The third-order valence-corrected chi connectivity index (χ3v) is 3.73. The molecule has 20 heavy (non-hydrogen) atoms. The maximum atomic E-state index is 12.1. The van der Waals surface area contributed by atoms with Crippen molar-refractivity contribution in [3.63, 3.8) is 0 Å². The van der Waals surface area contributed by atoms with E-state index in [2.05, 4.69) is 17.9 Å². The van der Waals surface area contributed by atoms with Crippen molar-refractivity contribution < 1.29 is 9.53 Å². The van der Waals surface area contributed by atoms with Gasteiger partial charge in [0.2, 0.25) is 5.91 Å². The molecule has 4 nitrogen and oxygen atoms in total. The van der Waals surface area contributed by atoms with Gasteiger partial charge in [0.15, 0.2) is 0 Å².